The van der Waals surface area contributed by atoms with Gasteiger partial charge in [0.05, 0.1) is 6.61 Å². The molecule has 2 aliphatic heterocycles. The molecular formula is C28H29IN4O4S. The van der Waals surface area contributed by atoms with Gasteiger partial charge in [0.2, 0.25) is 11.8 Å². The summed E-state index contributed by atoms with van der Waals surface area (Å²) in [5.41, 5.74) is 10.9. The van der Waals surface area contributed by atoms with Crippen LogP contribution < -0.4 is 16.4 Å². The van der Waals surface area contributed by atoms with E-state index in [2.05, 4.69) is 38.8 Å². The van der Waals surface area contributed by atoms with Gasteiger partial charge in [0, 0.05) is 63.1 Å². The van der Waals surface area contributed by atoms with Gasteiger partial charge in [0.1, 0.15) is 6.04 Å². The van der Waals surface area contributed by atoms with Crippen molar-refractivity contribution in [3.63, 3.8) is 0 Å². The lowest BCUT2D eigenvalue weighted by Gasteiger charge is -2.27. The average molecular weight is 645 g/mol. The summed E-state index contributed by atoms with van der Waals surface area (Å²) in [6.45, 7) is 2.61. The second kappa shape index (κ2) is 12.5. The Labute approximate surface area is 238 Å². The van der Waals surface area contributed by atoms with E-state index in [4.69, 9.17) is 10.5 Å². The SMILES string of the molecule is CCc1cc2ccc1CCOC(=O)Nc1ccc(SI)c(c1)CN(C)C(=O)[C@@H]2Nc1cccc(C(N)=O)c1. The summed E-state index contributed by atoms with van der Waals surface area (Å²) in [5, 5.41) is 6.13. The second-order valence-corrected chi connectivity index (χ2v) is 10.9. The third kappa shape index (κ3) is 6.60. The van der Waals surface area contributed by atoms with Crippen molar-refractivity contribution in [2.24, 2.45) is 5.73 Å². The fourth-order valence-electron chi connectivity index (χ4n) is 4.43. The Morgan fingerprint density at radius 1 is 1.16 bits per heavy atom. The van der Waals surface area contributed by atoms with Gasteiger partial charge in [0.25, 0.3) is 0 Å². The van der Waals surface area contributed by atoms with Gasteiger partial charge in [-0.1, -0.05) is 40.1 Å². The lowest BCUT2D eigenvalue weighted by molar-refractivity contribution is -0.131. The van der Waals surface area contributed by atoms with E-state index in [1.807, 2.05) is 42.5 Å². The number of aryl methyl sites for hydroxylation is 1. The van der Waals surface area contributed by atoms with Crippen molar-refractivity contribution in [2.75, 3.05) is 24.3 Å². The molecule has 0 saturated heterocycles. The predicted molar refractivity (Wildman–Crippen MR) is 159 cm³/mol. The van der Waals surface area contributed by atoms with Crippen LogP contribution in [0.15, 0.2) is 65.6 Å². The topological polar surface area (TPSA) is 114 Å². The molecule has 0 fully saturated rings. The molecule has 0 unspecified atom stereocenters. The number of anilines is 2. The Bertz CT molecular complexity index is 1370. The maximum Gasteiger partial charge on any atom is 0.411 e. The number of fused-ring (bicyclic) bond motifs is 9. The summed E-state index contributed by atoms with van der Waals surface area (Å²) in [6, 6.07) is 17.7. The Morgan fingerprint density at radius 3 is 2.71 bits per heavy atom. The van der Waals surface area contributed by atoms with Crippen molar-refractivity contribution in [1.82, 2.24) is 4.90 Å². The van der Waals surface area contributed by atoms with Crippen LogP contribution in [0.1, 0.15) is 45.6 Å². The molecule has 38 heavy (non-hydrogen) atoms. The van der Waals surface area contributed by atoms with E-state index in [1.54, 1.807) is 39.1 Å². The number of primary amides is 1. The molecular weight excluding hydrogens is 615 g/mol. The highest BCUT2D eigenvalue weighted by molar-refractivity contribution is 14.2. The number of hydrogen-bond donors (Lipinski definition) is 3. The molecule has 4 N–H and O–H groups in total. The number of nitrogens with one attached hydrogen (secondary N) is 2. The Morgan fingerprint density at radius 2 is 1.97 bits per heavy atom. The van der Waals surface area contributed by atoms with Gasteiger partial charge in [-0.05, 0) is 65.1 Å². The summed E-state index contributed by atoms with van der Waals surface area (Å²) in [7, 11) is 3.30. The van der Waals surface area contributed by atoms with E-state index < -0.39 is 18.0 Å². The van der Waals surface area contributed by atoms with E-state index in [0.29, 0.717) is 29.9 Å². The number of benzene rings is 3. The Kier molecular flexibility index (Phi) is 9.16. The highest BCUT2D eigenvalue weighted by atomic mass is 127. The smallest absolute Gasteiger partial charge is 0.411 e. The summed E-state index contributed by atoms with van der Waals surface area (Å²) in [5.74, 6) is -0.677. The number of nitrogens with two attached hydrogens (primary N) is 1. The molecule has 1 atom stereocenters. The first-order valence-corrected chi connectivity index (χ1v) is 15.5. The number of ether oxygens (including phenoxy) is 1. The molecule has 0 aromatic heterocycles. The van der Waals surface area contributed by atoms with Crippen LogP contribution in [0.2, 0.25) is 0 Å². The van der Waals surface area contributed by atoms with E-state index in [1.165, 1.54) is 0 Å². The zero-order chi connectivity index (χ0) is 27.2. The number of likely N-dealkylation sites (N-methyl/N-ethyl adjacent to an activating group) is 1. The zero-order valence-corrected chi connectivity index (χ0v) is 24.1. The lowest BCUT2D eigenvalue weighted by Crippen LogP contribution is -2.35. The average Bonchev–Trinajstić information content (AvgIpc) is 2.91. The van der Waals surface area contributed by atoms with Gasteiger partial charge < -0.3 is 20.7 Å². The van der Waals surface area contributed by atoms with Crippen LogP contribution in [0.25, 0.3) is 0 Å². The third-order valence-electron chi connectivity index (χ3n) is 6.43. The summed E-state index contributed by atoms with van der Waals surface area (Å²) < 4.78 is 5.45. The van der Waals surface area contributed by atoms with Crippen molar-refractivity contribution in [3.8, 4) is 0 Å². The van der Waals surface area contributed by atoms with Crippen molar-refractivity contribution in [1.29, 1.82) is 0 Å². The second-order valence-electron chi connectivity index (χ2n) is 9.01. The normalized spacial score (nSPS) is 16.1. The van der Waals surface area contributed by atoms with Gasteiger partial charge in [-0.15, -0.1) is 0 Å². The number of hydrogen-bond acceptors (Lipinski definition) is 6. The van der Waals surface area contributed by atoms with Crippen LogP contribution >= 0.6 is 30.1 Å². The molecule has 2 aliphatic rings. The first-order valence-electron chi connectivity index (χ1n) is 12.2. The molecule has 0 aliphatic carbocycles. The number of rotatable bonds is 5. The van der Waals surface area contributed by atoms with E-state index >= 15 is 0 Å². The molecule has 2 heterocycles. The van der Waals surface area contributed by atoms with E-state index in [0.717, 1.165) is 33.6 Å². The van der Waals surface area contributed by atoms with E-state index in [9.17, 15) is 14.4 Å². The number of halogens is 1. The molecule has 0 saturated carbocycles. The quantitative estimate of drug-likeness (QED) is 0.307. The standard InChI is InChI=1S/C28H29IN4O4S/c1-3-17-13-19-8-7-18(17)11-12-37-28(36)32-23-9-10-24(38-29)21(15-23)16-33(2)27(35)25(19)31-22-6-4-5-20(14-22)26(30)34/h4-10,13-15,25,31H,3,11-12,16H2,1-2H3,(H2,30,34)(H,32,36)/t25-/m1/s1. The summed E-state index contributed by atoms with van der Waals surface area (Å²) in [4.78, 5) is 40.8. The van der Waals surface area contributed by atoms with Crippen molar-refractivity contribution in [3.05, 3.63) is 88.5 Å². The summed E-state index contributed by atoms with van der Waals surface area (Å²) in [6.07, 6.45) is 0.794. The van der Waals surface area contributed by atoms with Gasteiger partial charge in [-0.2, -0.15) is 0 Å². The van der Waals surface area contributed by atoms with E-state index in [-0.39, 0.29) is 12.5 Å². The van der Waals surface area contributed by atoms with Gasteiger partial charge in [0.15, 0.2) is 0 Å². The van der Waals surface area contributed by atoms with Crippen molar-refractivity contribution < 1.29 is 19.1 Å². The van der Waals surface area contributed by atoms with Crippen LogP contribution in [0.3, 0.4) is 0 Å². The minimum atomic E-state index is -0.703. The number of carbonyl (C=O) groups excluding carboxylic acids is 3. The number of amides is 3. The monoisotopic (exact) mass is 644 g/mol. The molecule has 5 rings (SSSR count). The third-order valence-corrected chi connectivity index (χ3v) is 8.42. The summed E-state index contributed by atoms with van der Waals surface area (Å²) >= 11 is 2.20. The Hall–Kier alpha value is -3.25. The zero-order valence-electron chi connectivity index (χ0n) is 21.1. The molecule has 3 aromatic carbocycles. The van der Waals surface area contributed by atoms with Crippen LogP contribution in [-0.2, 0) is 28.9 Å². The largest absolute Gasteiger partial charge is 0.449 e. The van der Waals surface area contributed by atoms with Crippen molar-refractivity contribution in [2.45, 2.75) is 37.2 Å². The minimum Gasteiger partial charge on any atom is -0.449 e. The van der Waals surface area contributed by atoms with Crippen LogP contribution in [0, 0.1) is 0 Å². The fraction of sp³-hybridized carbons (Fsp3) is 0.250. The maximum absolute atomic E-state index is 14.0. The van der Waals surface area contributed by atoms with Gasteiger partial charge in [-0.25, -0.2) is 4.79 Å². The first kappa shape index (κ1) is 27.8. The highest BCUT2D eigenvalue weighted by Gasteiger charge is 2.26. The predicted octanol–water partition coefficient (Wildman–Crippen LogP) is 5.71. The van der Waals surface area contributed by atoms with Crippen LogP contribution in [0.4, 0.5) is 16.2 Å². The molecule has 198 valence electrons. The van der Waals surface area contributed by atoms with Gasteiger partial charge >= 0.3 is 6.09 Å². The molecule has 4 bridgehead atoms. The lowest BCUT2D eigenvalue weighted by atomic mass is 9.95. The fourth-order valence-corrected chi connectivity index (χ4v) is 6.06. The highest BCUT2D eigenvalue weighted by Crippen LogP contribution is 2.32. The molecule has 10 heteroatoms. The molecule has 0 spiro atoms. The van der Waals surface area contributed by atoms with Crippen molar-refractivity contribution >= 4 is 59.4 Å². The number of carbonyl (C=O) groups is 3. The molecule has 8 nitrogen and oxygen atoms in total. The number of nitrogens with zero attached hydrogens (tertiary/aromatic N) is 1. The maximum atomic E-state index is 14.0. The minimum absolute atomic E-state index is 0.140. The Balaban J connectivity index is 1.77. The molecule has 0 radical (unpaired) electrons. The van der Waals surface area contributed by atoms with Crippen LogP contribution in [-0.4, -0.2) is 36.5 Å². The molecule has 3 amide bonds. The molecule has 3 aromatic rings. The first-order chi connectivity index (χ1) is 18.3. The van der Waals surface area contributed by atoms with Gasteiger partial charge in [-0.3, -0.25) is 14.9 Å². The van der Waals surface area contributed by atoms with Crippen LogP contribution in [0.5, 0.6) is 0 Å².